The van der Waals surface area contributed by atoms with Crippen LogP contribution in [-0.2, 0) is 11.3 Å². The molecular formula is C11H14F3NO3. The summed E-state index contributed by atoms with van der Waals surface area (Å²) >= 11 is 0. The van der Waals surface area contributed by atoms with Gasteiger partial charge in [0.15, 0.2) is 0 Å². The van der Waals surface area contributed by atoms with Gasteiger partial charge in [-0.1, -0.05) is 0 Å². The molecule has 0 aliphatic rings. The van der Waals surface area contributed by atoms with Crippen LogP contribution >= 0.6 is 0 Å². The fraction of sp³-hybridized carbons (Fsp3) is 0.545. The largest absolute Gasteiger partial charge is 0.463 e. The third-order valence-electron chi connectivity index (χ3n) is 2.30. The van der Waals surface area contributed by atoms with E-state index in [0.717, 1.165) is 0 Å². The third-order valence-corrected chi connectivity index (χ3v) is 2.30. The molecule has 1 rings (SSSR count). The minimum atomic E-state index is -4.21. The SMILES string of the molecule is COC(=O)c1occc1CNC(C)CC(F)(F)F. The lowest BCUT2D eigenvalue weighted by atomic mass is 10.2. The number of nitrogens with one attached hydrogen (secondary N) is 1. The first kappa shape index (κ1) is 14.6. The standard InChI is InChI=1S/C11H14F3NO3/c1-7(5-11(12,13)14)15-6-8-3-4-18-9(8)10(16)17-2/h3-4,7,15H,5-6H2,1-2H3. The van der Waals surface area contributed by atoms with Crippen molar-refractivity contribution in [1.29, 1.82) is 0 Å². The van der Waals surface area contributed by atoms with E-state index in [1.807, 2.05) is 0 Å². The fourth-order valence-electron chi connectivity index (χ4n) is 1.45. The smallest absolute Gasteiger partial charge is 0.390 e. The fourth-order valence-corrected chi connectivity index (χ4v) is 1.45. The van der Waals surface area contributed by atoms with Crippen molar-refractivity contribution < 1.29 is 27.1 Å². The number of hydrogen-bond donors (Lipinski definition) is 1. The molecule has 0 aromatic carbocycles. The summed E-state index contributed by atoms with van der Waals surface area (Å²) in [6.45, 7) is 1.53. The number of furan rings is 1. The van der Waals surface area contributed by atoms with Crippen molar-refractivity contribution in [1.82, 2.24) is 5.32 Å². The van der Waals surface area contributed by atoms with Crippen LogP contribution in [0.5, 0.6) is 0 Å². The zero-order chi connectivity index (χ0) is 13.8. The topological polar surface area (TPSA) is 51.5 Å². The van der Waals surface area contributed by atoms with Gasteiger partial charge in [0.25, 0.3) is 0 Å². The Labute approximate surface area is 102 Å². The zero-order valence-electron chi connectivity index (χ0n) is 10.0. The normalized spacial score (nSPS) is 13.4. The van der Waals surface area contributed by atoms with Gasteiger partial charge >= 0.3 is 12.1 Å². The van der Waals surface area contributed by atoms with Gasteiger partial charge in [-0.15, -0.1) is 0 Å². The van der Waals surface area contributed by atoms with Crippen LogP contribution in [0.4, 0.5) is 13.2 Å². The number of alkyl halides is 3. The van der Waals surface area contributed by atoms with Crippen LogP contribution in [0.1, 0.15) is 29.5 Å². The molecule has 0 spiro atoms. The minimum Gasteiger partial charge on any atom is -0.463 e. The second kappa shape index (κ2) is 5.90. The first-order chi connectivity index (χ1) is 8.33. The summed E-state index contributed by atoms with van der Waals surface area (Å²) < 4.78 is 45.7. The molecule has 0 amide bonds. The predicted molar refractivity (Wildman–Crippen MR) is 57.0 cm³/mol. The van der Waals surface area contributed by atoms with Crippen LogP contribution in [0.15, 0.2) is 16.7 Å². The van der Waals surface area contributed by atoms with Crippen molar-refractivity contribution in [3.63, 3.8) is 0 Å². The molecule has 1 aromatic rings. The van der Waals surface area contributed by atoms with Crippen molar-refractivity contribution in [2.75, 3.05) is 7.11 Å². The Kier molecular flexibility index (Phi) is 4.77. The molecule has 4 nitrogen and oxygen atoms in total. The highest BCUT2D eigenvalue weighted by Crippen LogP contribution is 2.21. The number of halogens is 3. The Morgan fingerprint density at radius 1 is 1.56 bits per heavy atom. The number of esters is 1. The monoisotopic (exact) mass is 265 g/mol. The summed E-state index contributed by atoms with van der Waals surface area (Å²) in [4.78, 5) is 11.2. The molecule has 7 heteroatoms. The molecule has 102 valence electrons. The minimum absolute atomic E-state index is 0.00390. The van der Waals surface area contributed by atoms with Crippen molar-refractivity contribution in [2.45, 2.75) is 32.1 Å². The van der Waals surface area contributed by atoms with Gasteiger partial charge < -0.3 is 14.5 Å². The predicted octanol–water partition coefficient (Wildman–Crippen LogP) is 2.50. The van der Waals surface area contributed by atoms with Crippen LogP contribution < -0.4 is 5.32 Å². The van der Waals surface area contributed by atoms with E-state index < -0.39 is 24.6 Å². The van der Waals surface area contributed by atoms with Gasteiger partial charge in [-0.3, -0.25) is 0 Å². The summed E-state index contributed by atoms with van der Waals surface area (Å²) in [6, 6.07) is 0.768. The Balaban J connectivity index is 2.54. The highest BCUT2D eigenvalue weighted by Gasteiger charge is 2.29. The third kappa shape index (κ3) is 4.40. The average Bonchev–Trinajstić information content (AvgIpc) is 2.71. The number of ether oxygens (including phenoxy) is 1. The first-order valence-corrected chi connectivity index (χ1v) is 5.28. The molecular weight excluding hydrogens is 251 g/mol. The molecule has 0 aliphatic heterocycles. The van der Waals surface area contributed by atoms with Gasteiger partial charge in [0, 0.05) is 18.2 Å². The number of carbonyl (C=O) groups excluding carboxylic acids is 1. The summed E-state index contributed by atoms with van der Waals surface area (Å²) in [5.41, 5.74) is 0.468. The van der Waals surface area contributed by atoms with Crippen molar-refractivity contribution >= 4 is 5.97 Å². The molecule has 0 fully saturated rings. The van der Waals surface area contributed by atoms with Gasteiger partial charge in [0.2, 0.25) is 5.76 Å². The van der Waals surface area contributed by atoms with E-state index in [0.29, 0.717) is 5.56 Å². The van der Waals surface area contributed by atoms with E-state index in [1.165, 1.54) is 26.4 Å². The highest BCUT2D eigenvalue weighted by molar-refractivity contribution is 5.87. The number of rotatable bonds is 5. The molecule has 0 aliphatic carbocycles. The Morgan fingerprint density at radius 2 is 2.22 bits per heavy atom. The van der Waals surface area contributed by atoms with Crippen LogP contribution in [0.3, 0.4) is 0 Å². The molecule has 0 bridgehead atoms. The lowest BCUT2D eigenvalue weighted by Gasteiger charge is -2.15. The molecule has 0 saturated heterocycles. The van der Waals surface area contributed by atoms with Crippen molar-refractivity contribution in [3.05, 3.63) is 23.7 Å². The van der Waals surface area contributed by atoms with Crippen LogP contribution in [0, 0.1) is 0 Å². The van der Waals surface area contributed by atoms with E-state index >= 15 is 0 Å². The van der Waals surface area contributed by atoms with E-state index in [9.17, 15) is 18.0 Å². The van der Waals surface area contributed by atoms with Crippen molar-refractivity contribution in [3.8, 4) is 0 Å². The maximum Gasteiger partial charge on any atom is 0.390 e. The number of hydrogen-bond acceptors (Lipinski definition) is 4. The summed E-state index contributed by atoms with van der Waals surface area (Å²) in [5, 5.41) is 2.67. The maximum atomic E-state index is 12.1. The molecule has 1 heterocycles. The van der Waals surface area contributed by atoms with Crippen LogP contribution in [0.25, 0.3) is 0 Å². The van der Waals surface area contributed by atoms with E-state index in [4.69, 9.17) is 4.42 Å². The lowest BCUT2D eigenvalue weighted by Crippen LogP contribution is -2.31. The summed E-state index contributed by atoms with van der Waals surface area (Å²) in [7, 11) is 1.20. The zero-order valence-corrected chi connectivity index (χ0v) is 10.0. The van der Waals surface area contributed by atoms with Gasteiger partial charge in [0.1, 0.15) is 0 Å². The van der Waals surface area contributed by atoms with Gasteiger partial charge in [0.05, 0.1) is 19.8 Å². The molecule has 0 radical (unpaired) electrons. The molecule has 1 aromatic heterocycles. The molecule has 1 N–H and O–H groups in total. The first-order valence-electron chi connectivity index (χ1n) is 5.28. The number of methoxy groups -OCH3 is 1. The molecule has 0 saturated carbocycles. The number of carbonyl (C=O) groups is 1. The van der Waals surface area contributed by atoms with E-state index in [2.05, 4.69) is 10.1 Å². The Hall–Kier alpha value is -1.50. The van der Waals surface area contributed by atoms with Crippen molar-refractivity contribution in [2.24, 2.45) is 0 Å². The van der Waals surface area contributed by atoms with Gasteiger partial charge in [-0.25, -0.2) is 4.79 Å². The Morgan fingerprint density at radius 3 is 2.78 bits per heavy atom. The van der Waals surface area contributed by atoms with Crippen LogP contribution in [0.2, 0.25) is 0 Å². The lowest BCUT2D eigenvalue weighted by molar-refractivity contribution is -0.139. The summed E-state index contributed by atoms with van der Waals surface area (Å²) in [6.07, 6.45) is -3.86. The van der Waals surface area contributed by atoms with Gasteiger partial charge in [-0.2, -0.15) is 13.2 Å². The summed E-state index contributed by atoms with van der Waals surface area (Å²) in [5.74, 6) is -0.649. The highest BCUT2D eigenvalue weighted by atomic mass is 19.4. The molecule has 1 unspecified atom stereocenters. The Bertz CT molecular complexity index is 400. The quantitative estimate of drug-likeness (QED) is 0.831. The van der Waals surface area contributed by atoms with Gasteiger partial charge in [-0.05, 0) is 13.0 Å². The molecule has 18 heavy (non-hydrogen) atoms. The van der Waals surface area contributed by atoms with Crippen LogP contribution in [-0.4, -0.2) is 25.3 Å². The van der Waals surface area contributed by atoms with E-state index in [-0.39, 0.29) is 12.3 Å². The van der Waals surface area contributed by atoms with E-state index in [1.54, 1.807) is 0 Å². The maximum absolute atomic E-state index is 12.1. The average molecular weight is 265 g/mol. The molecule has 1 atom stereocenters. The second-order valence-electron chi connectivity index (χ2n) is 3.87. The second-order valence-corrected chi connectivity index (χ2v) is 3.87.